The molecule has 0 spiro atoms. The molecule has 2 rings (SSSR count). The number of nitrogens with zero attached hydrogens (tertiary/aromatic N) is 3. The van der Waals surface area contributed by atoms with Crippen molar-refractivity contribution in [2.24, 2.45) is 4.99 Å². The van der Waals surface area contributed by atoms with Gasteiger partial charge in [-0.15, -0.1) is 0 Å². The second-order valence-corrected chi connectivity index (χ2v) is 3.69. The third kappa shape index (κ3) is 2.62. The summed E-state index contributed by atoms with van der Waals surface area (Å²) < 4.78 is 0. The van der Waals surface area contributed by atoms with Gasteiger partial charge in [-0.3, -0.25) is 4.99 Å². The topological polar surface area (TPSA) is 38.1 Å². The van der Waals surface area contributed by atoms with Crippen LogP contribution in [0.25, 0.3) is 0 Å². The van der Waals surface area contributed by atoms with Crippen LogP contribution in [-0.2, 0) is 0 Å². The van der Waals surface area contributed by atoms with Gasteiger partial charge >= 0.3 is 0 Å². The van der Waals surface area contributed by atoms with Gasteiger partial charge in [0.2, 0.25) is 0 Å². The van der Waals surface area contributed by atoms with Gasteiger partial charge in [0.15, 0.2) is 0 Å². The summed E-state index contributed by atoms with van der Waals surface area (Å²) in [7, 11) is 0. The molecule has 0 saturated heterocycles. The van der Waals surface area contributed by atoms with E-state index < -0.39 is 0 Å². The maximum atomic E-state index is 4.57. The van der Waals surface area contributed by atoms with Crippen LogP contribution in [0.1, 0.15) is 38.5 Å². The van der Waals surface area contributed by atoms with Crippen LogP contribution in [0, 0.1) is 0 Å². The number of hydrogen-bond acceptors (Lipinski definition) is 3. The van der Waals surface area contributed by atoms with Crippen LogP contribution in [0.4, 0.5) is 5.69 Å². The van der Waals surface area contributed by atoms with Crippen molar-refractivity contribution in [1.82, 2.24) is 9.97 Å². The first-order valence-corrected chi connectivity index (χ1v) is 5.26. The van der Waals surface area contributed by atoms with Crippen molar-refractivity contribution in [3.8, 4) is 0 Å². The zero-order valence-corrected chi connectivity index (χ0v) is 8.32. The fourth-order valence-electron chi connectivity index (χ4n) is 1.78. The second kappa shape index (κ2) is 4.84. The molecule has 0 atom stereocenters. The molecule has 14 heavy (non-hydrogen) atoms. The van der Waals surface area contributed by atoms with Crippen molar-refractivity contribution in [3.05, 3.63) is 18.7 Å². The summed E-state index contributed by atoms with van der Waals surface area (Å²) >= 11 is 0. The van der Waals surface area contributed by atoms with E-state index in [1.54, 1.807) is 12.4 Å². The highest BCUT2D eigenvalue weighted by molar-refractivity contribution is 5.86. The molecule has 0 radical (unpaired) electrons. The zero-order valence-electron chi connectivity index (χ0n) is 8.32. The maximum Gasteiger partial charge on any atom is 0.115 e. The summed E-state index contributed by atoms with van der Waals surface area (Å²) in [5.41, 5.74) is 2.21. The molecule has 1 saturated carbocycles. The summed E-state index contributed by atoms with van der Waals surface area (Å²) in [6.07, 6.45) is 12.6. The molecule has 74 valence electrons. The Morgan fingerprint density at radius 1 is 0.929 bits per heavy atom. The molecule has 1 fully saturated rings. The van der Waals surface area contributed by atoms with Gasteiger partial charge in [-0.25, -0.2) is 9.97 Å². The van der Waals surface area contributed by atoms with Crippen molar-refractivity contribution in [3.63, 3.8) is 0 Å². The fraction of sp³-hybridized carbons (Fsp3) is 0.545. The van der Waals surface area contributed by atoms with Crippen molar-refractivity contribution in [2.75, 3.05) is 0 Å². The van der Waals surface area contributed by atoms with Gasteiger partial charge in [0.05, 0.1) is 18.1 Å². The van der Waals surface area contributed by atoms with E-state index in [2.05, 4.69) is 15.0 Å². The number of hydrogen-bond donors (Lipinski definition) is 0. The summed E-state index contributed by atoms with van der Waals surface area (Å²) in [6.45, 7) is 0. The first-order chi connectivity index (χ1) is 6.95. The molecule has 1 aliphatic rings. The van der Waals surface area contributed by atoms with Gasteiger partial charge in [0.1, 0.15) is 6.33 Å². The van der Waals surface area contributed by atoms with Crippen molar-refractivity contribution in [1.29, 1.82) is 0 Å². The minimum Gasteiger partial charge on any atom is -0.255 e. The molecule has 1 aromatic heterocycles. The Morgan fingerprint density at radius 2 is 1.57 bits per heavy atom. The van der Waals surface area contributed by atoms with Crippen molar-refractivity contribution < 1.29 is 0 Å². The molecule has 0 unspecified atom stereocenters. The maximum absolute atomic E-state index is 4.57. The lowest BCUT2D eigenvalue weighted by atomic mass is 10.2. The molecule has 3 nitrogen and oxygen atoms in total. The molecule has 0 aromatic carbocycles. The Balaban J connectivity index is 2.09. The first-order valence-electron chi connectivity index (χ1n) is 5.26. The van der Waals surface area contributed by atoms with Crippen LogP contribution in [0.5, 0.6) is 0 Å². The van der Waals surface area contributed by atoms with E-state index >= 15 is 0 Å². The Morgan fingerprint density at radius 3 is 2.21 bits per heavy atom. The first kappa shape index (κ1) is 9.31. The molecular weight excluding hydrogens is 174 g/mol. The van der Waals surface area contributed by atoms with Crippen LogP contribution in [-0.4, -0.2) is 15.7 Å². The number of aliphatic imine (C=N–C) groups is 1. The van der Waals surface area contributed by atoms with Gasteiger partial charge in [0.25, 0.3) is 0 Å². The quantitative estimate of drug-likeness (QED) is 0.637. The molecule has 0 amide bonds. The third-order valence-corrected chi connectivity index (χ3v) is 2.51. The average Bonchev–Trinajstić information content (AvgIpc) is 2.48. The van der Waals surface area contributed by atoms with Crippen LogP contribution >= 0.6 is 0 Å². The zero-order chi connectivity index (χ0) is 9.64. The Hall–Kier alpha value is -1.25. The van der Waals surface area contributed by atoms with E-state index in [9.17, 15) is 0 Å². The molecule has 0 N–H and O–H groups in total. The van der Waals surface area contributed by atoms with E-state index in [1.165, 1.54) is 37.7 Å². The Kier molecular flexibility index (Phi) is 3.22. The largest absolute Gasteiger partial charge is 0.255 e. The average molecular weight is 189 g/mol. The predicted octanol–water partition coefficient (Wildman–Crippen LogP) is 2.90. The van der Waals surface area contributed by atoms with E-state index in [1.807, 2.05) is 0 Å². The summed E-state index contributed by atoms with van der Waals surface area (Å²) in [4.78, 5) is 12.5. The fourth-order valence-corrected chi connectivity index (χ4v) is 1.78. The highest BCUT2D eigenvalue weighted by Crippen LogP contribution is 2.18. The van der Waals surface area contributed by atoms with Crippen LogP contribution in [0.2, 0.25) is 0 Å². The van der Waals surface area contributed by atoms with Crippen LogP contribution in [0.15, 0.2) is 23.7 Å². The molecule has 0 bridgehead atoms. The van der Waals surface area contributed by atoms with Gasteiger partial charge < -0.3 is 0 Å². The molecule has 0 aliphatic heterocycles. The van der Waals surface area contributed by atoms with Crippen LogP contribution in [0.3, 0.4) is 0 Å². The number of aromatic nitrogens is 2. The monoisotopic (exact) mass is 189 g/mol. The SMILES string of the molecule is c1ncc(N=C2CCCCCC2)cn1. The molecule has 1 aliphatic carbocycles. The lowest BCUT2D eigenvalue weighted by molar-refractivity contribution is 0.702. The Labute approximate surface area is 84.3 Å². The standard InChI is InChI=1S/C11H15N3/c1-2-4-6-10(5-3-1)14-11-7-12-9-13-8-11/h7-9H,1-6H2. The smallest absolute Gasteiger partial charge is 0.115 e. The van der Waals surface area contributed by atoms with E-state index in [0.717, 1.165) is 18.5 Å². The molecule has 3 heteroatoms. The van der Waals surface area contributed by atoms with Crippen molar-refractivity contribution in [2.45, 2.75) is 38.5 Å². The molecular formula is C11H15N3. The van der Waals surface area contributed by atoms with Crippen molar-refractivity contribution >= 4 is 11.4 Å². The highest BCUT2D eigenvalue weighted by atomic mass is 14.9. The summed E-state index contributed by atoms with van der Waals surface area (Å²) in [6, 6.07) is 0. The lowest BCUT2D eigenvalue weighted by Gasteiger charge is -2.00. The summed E-state index contributed by atoms with van der Waals surface area (Å²) in [5, 5.41) is 0. The molecule has 1 aromatic rings. The minimum absolute atomic E-state index is 0.893. The normalized spacial score (nSPS) is 17.6. The van der Waals surface area contributed by atoms with Gasteiger partial charge in [0, 0.05) is 5.71 Å². The predicted molar refractivity (Wildman–Crippen MR) is 56.8 cm³/mol. The van der Waals surface area contributed by atoms with E-state index in [-0.39, 0.29) is 0 Å². The van der Waals surface area contributed by atoms with Gasteiger partial charge in [-0.05, 0) is 25.7 Å². The second-order valence-electron chi connectivity index (χ2n) is 3.69. The van der Waals surface area contributed by atoms with Crippen LogP contribution < -0.4 is 0 Å². The third-order valence-electron chi connectivity index (χ3n) is 2.51. The minimum atomic E-state index is 0.893. The highest BCUT2D eigenvalue weighted by Gasteiger charge is 2.05. The van der Waals surface area contributed by atoms with Gasteiger partial charge in [-0.2, -0.15) is 0 Å². The van der Waals surface area contributed by atoms with E-state index in [4.69, 9.17) is 0 Å². The Bertz CT molecular complexity index is 296. The van der Waals surface area contributed by atoms with E-state index in [0.29, 0.717) is 0 Å². The summed E-state index contributed by atoms with van der Waals surface area (Å²) in [5.74, 6) is 0. The molecule has 1 heterocycles. The van der Waals surface area contributed by atoms with Gasteiger partial charge in [-0.1, -0.05) is 12.8 Å². The number of rotatable bonds is 1. The lowest BCUT2D eigenvalue weighted by Crippen LogP contribution is -1.94.